The van der Waals surface area contributed by atoms with E-state index in [0.717, 1.165) is 22.8 Å². The van der Waals surface area contributed by atoms with Crippen molar-refractivity contribution >= 4 is 0 Å². The lowest BCUT2D eigenvalue weighted by molar-refractivity contribution is 0.112. The molecule has 2 aromatic carbocycles. The van der Waals surface area contributed by atoms with Crippen molar-refractivity contribution in [3.05, 3.63) is 84.3 Å². The predicted octanol–water partition coefficient (Wildman–Crippen LogP) is 4.29. The summed E-state index contributed by atoms with van der Waals surface area (Å²) in [6.07, 6.45) is 2.26. The number of nitrogens with zero attached hydrogens (tertiary/aromatic N) is 1. The Kier molecular flexibility index (Phi) is 7.53. The highest BCUT2D eigenvalue weighted by Crippen LogP contribution is 2.27. The third-order valence-corrected chi connectivity index (χ3v) is 4.65. The Bertz CT molecular complexity index is 787. The highest BCUT2D eigenvalue weighted by molar-refractivity contribution is 5.27. The molecule has 0 saturated carbocycles. The lowest BCUT2D eigenvalue weighted by Crippen LogP contribution is -2.32. The number of benzene rings is 2. The van der Waals surface area contributed by atoms with Crippen molar-refractivity contribution in [3.8, 4) is 11.5 Å². The molecule has 0 spiro atoms. The summed E-state index contributed by atoms with van der Waals surface area (Å²) >= 11 is 0. The van der Waals surface area contributed by atoms with Crippen LogP contribution in [0.15, 0.2) is 77.4 Å². The summed E-state index contributed by atoms with van der Waals surface area (Å²) in [4.78, 5) is 2.28. The van der Waals surface area contributed by atoms with E-state index < -0.39 is 0 Å². The Morgan fingerprint density at radius 1 is 0.964 bits per heavy atom. The molecule has 148 valence electrons. The van der Waals surface area contributed by atoms with Crippen LogP contribution in [-0.4, -0.2) is 36.9 Å². The first kappa shape index (κ1) is 20.0. The Hall–Kier alpha value is -2.76. The third kappa shape index (κ3) is 5.62. The molecule has 1 heterocycles. The minimum atomic E-state index is -0.0264. The average molecular weight is 381 g/mol. The molecule has 1 atom stereocenters. The summed E-state index contributed by atoms with van der Waals surface area (Å²) < 4.78 is 16.8. The van der Waals surface area contributed by atoms with Crippen LogP contribution in [0.25, 0.3) is 0 Å². The minimum absolute atomic E-state index is 0.0264. The Balaban J connectivity index is 1.73. The Morgan fingerprint density at radius 2 is 1.75 bits per heavy atom. The van der Waals surface area contributed by atoms with Gasteiger partial charge in [-0.05, 0) is 48.4 Å². The molecule has 0 unspecified atom stereocenters. The highest BCUT2D eigenvalue weighted by Gasteiger charge is 2.23. The van der Waals surface area contributed by atoms with Crippen LogP contribution in [0.3, 0.4) is 0 Å². The van der Waals surface area contributed by atoms with Crippen LogP contribution < -0.4 is 9.47 Å². The second-order valence-corrected chi connectivity index (χ2v) is 6.52. The summed E-state index contributed by atoms with van der Waals surface area (Å²) in [6, 6.07) is 21.6. The molecule has 5 heteroatoms. The van der Waals surface area contributed by atoms with Crippen LogP contribution in [-0.2, 0) is 6.54 Å². The number of ether oxygens (including phenoxy) is 2. The van der Waals surface area contributed by atoms with Gasteiger partial charge in [-0.25, -0.2) is 0 Å². The van der Waals surface area contributed by atoms with Crippen LogP contribution in [0.4, 0.5) is 0 Å². The molecule has 0 radical (unpaired) electrons. The lowest BCUT2D eigenvalue weighted by Gasteiger charge is -2.30. The van der Waals surface area contributed by atoms with Crippen LogP contribution in [0, 0.1) is 0 Å². The van der Waals surface area contributed by atoms with Gasteiger partial charge in [-0.1, -0.05) is 30.3 Å². The fourth-order valence-corrected chi connectivity index (χ4v) is 3.22. The van der Waals surface area contributed by atoms with Crippen molar-refractivity contribution in [2.75, 3.05) is 26.9 Å². The molecule has 0 aliphatic rings. The van der Waals surface area contributed by atoms with Gasteiger partial charge in [-0.2, -0.15) is 0 Å². The summed E-state index contributed by atoms with van der Waals surface area (Å²) in [5, 5.41) is 9.61. The zero-order chi connectivity index (χ0) is 19.6. The summed E-state index contributed by atoms with van der Waals surface area (Å²) in [5.41, 5.74) is 1.16. The monoisotopic (exact) mass is 381 g/mol. The maximum Gasteiger partial charge on any atom is 0.120 e. The number of aliphatic hydroxyl groups is 1. The first-order valence-electron chi connectivity index (χ1n) is 9.49. The summed E-state index contributed by atoms with van der Waals surface area (Å²) in [6.45, 7) is 2.05. The second-order valence-electron chi connectivity index (χ2n) is 6.52. The van der Waals surface area contributed by atoms with Crippen molar-refractivity contribution < 1.29 is 19.0 Å². The van der Waals surface area contributed by atoms with Gasteiger partial charge < -0.3 is 19.0 Å². The summed E-state index contributed by atoms with van der Waals surface area (Å²) in [5.74, 6) is 2.53. The van der Waals surface area contributed by atoms with Gasteiger partial charge in [-0.3, -0.25) is 4.90 Å². The first-order valence-corrected chi connectivity index (χ1v) is 9.49. The fraction of sp³-hybridized carbons (Fsp3) is 0.304. The molecule has 5 nitrogen and oxygen atoms in total. The van der Waals surface area contributed by atoms with Crippen molar-refractivity contribution in [3.63, 3.8) is 0 Å². The molecule has 0 saturated heterocycles. The van der Waals surface area contributed by atoms with Crippen LogP contribution >= 0.6 is 0 Å². The molecule has 0 fully saturated rings. The SMILES string of the molecule is COc1ccc(CN(CCOc2ccccc2)[C@@H](CCO)c2ccco2)cc1. The van der Waals surface area contributed by atoms with Gasteiger partial charge in [0.2, 0.25) is 0 Å². The number of hydrogen-bond donors (Lipinski definition) is 1. The molecule has 0 bridgehead atoms. The molecule has 3 aromatic rings. The topological polar surface area (TPSA) is 55.1 Å². The highest BCUT2D eigenvalue weighted by atomic mass is 16.5. The van der Waals surface area contributed by atoms with Gasteiger partial charge in [0.15, 0.2) is 0 Å². The lowest BCUT2D eigenvalue weighted by atomic mass is 10.1. The molecule has 1 aromatic heterocycles. The molecule has 0 aliphatic heterocycles. The van der Waals surface area contributed by atoms with Crippen LogP contribution in [0.2, 0.25) is 0 Å². The predicted molar refractivity (Wildman–Crippen MR) is 108 cm³/mol. The van der Waals surface area contributed by atoms with Gasteiger partial charge in [0.25, 0.3) is 0 Å². The maximum absolute atomic E-state index is 9.61. The molecular weight excluding hydrogens is 354 g/mol. The van der Waals surface area contributed by atoms with E-state index in [1.807, 2.05) is 54.6 Å². The fourth-order valence-electron chi connectivity index (χ4n) is 3.22. The van der Waals surface area contributed by atoms with Crippen molar-refractivity contribution in [2.45, 2.75) is 19.0 Å². The normalized spacial score (nSPS) is 12.1. The van der Waals surface area contributed by atoms with E-state index in [4.69, 9.17) is 13.9 Å². The smallest absolute Gasteiger partial charge is 0.120 e. The largest absolute Gasteiger partial charge is 0.497 e. The van der Waals surface area contributed by atoms with Crippen LogP contribution in [0.1, 0.15) is 23.8 Å². The van der Waals surface area contributed by atoms with E-state index in [0.29, 0.717) is 26.1 Å². The second kappa shape index (κ2) is 10.5. The molecule has 1 N–H and O–H groups in total. The molecular formula is C23H27NO4. The minimum Gasteiger partial charge on any atom is -0.497 e. The van der Waals surface area contributed by atoms with E-state index in [9.17, 15) is 5.11 Å². The third-order valence-electron chi connectivity index (χ3n) is 4.65. The number of rotatable bonds is 11. The van der Waals surface area contributed by atoms with Gasteiger partial charge in [0.1, 0.15) is 23.9 Å². The number of hydrogen-bond acceptors (Lipinski definition) is 5. The van der Waals surface area contributed by atoms with E-state index in [-0.39, 0.29) is 12.6 Å². The van der Waals surface area contributed by atoms with Gasteiger partial charge in [0.05, 0.1) is 19.4 Å². The van der Waals surface area contributed by atoms with Crippen molar-refractivity contribution in [1.29, 1.82) is 0 Å². The van der Waals surface area contributed by atoms with E-state index >= 15 is 0 Å². The van der Waals surface area contributed by atoms with E-state index in [2.05, 4.69) is 17.0 Å². The summed E-state index contributed by atoms with van der Waals surface area (Å²) in [7, 11) is 1.66. The Morgan fingerprint density at radius 3 is 2.39 bits per heavy atom. The van der Waals surface area contributed by atoms with Gasteiger partial charge in [-0.15, -0.1) is 0 Å². The standard InChI is InChI=1S/C23H27NO4/c1-26-20-11-9-19(10-12-20)18-24(14-17-27-21-6-3-2-4-7-21)22(13-15-25)23-8-5-16-28-23/h2-12,16,22,25H,13-15,17-18H2,1H3/t22-/m0/s1. The quantitative estimate of drug-likeness (QED) is 0.537. The van der Waals surface area contributed by atoms with Crippen molar-refractivity contribution in [2.24, 2.45) is 0 Å². The molecule has 28 heavy (non-hydrogen) atoms. The van der Waals surface area contributed by atoms with Crippen molar-refractivity contribution in [1.82, 2.24) is 4.90 Å². The zero-order valence-corrected chi connectivity index (χ0v) is 16.2. The maximum atomic E-state index is 9.61. The number of para-hydroxylation sites is 1. The van der Waals surface area contributed by atoms with E-state index in [1.165, 1.54) is 0 Å². The van der Waals surface area contributed by atoms with Crippen LogP contribution in [0.5, 0.6) is 11.5 Å². The average Bonchev–Trinajstić information content (AvgIpc) is 3.27. The molecule has 3 rings (SSSR count). The first-order chi connectivity index (χ1) is 13.8. The number of methoxy groups -OCH3 is 1. The molecule has 0 amide bonds. The Labute approximate surface area is 166 Å². The number of aliphatic hydroxyl groups excluding tert-OH is 1. The van der Waals surface area contributed by atoms with Gasteiger partial charge >= 0.3 is 0 Å². The molecule has 0 aliphatic carbocycles. The van der Waals surface area contributed by atoms with Gasteiger partial charge in [0, 0.05) is 19.7 Å². The zero-order valence-electron chi connectivity index (χ0n) is 16.2. The number of furan rings is 1. The van der Waals surface area contributed by atoms with E-state index in [1.54, 1.807) is 13.4 Å².